The summed E-state index contributed by atoms with van der Waals surface area (Å²) in [5.74, 6) is -0.0709. The number of benzene rings is 2. The summed E-state index contributed by atoms with van der Waals surface area (Å²) in [6.07, 6.45) is 3.76. The Hall–Kier alpha value is -3.16. The maximum Gasteiger partial charge on any atom is 0.274 e. The number of nitrogens with zero attached hydrogens (tertiary/aromatic N) is 3. The Kier molecular flexibility index (Phi) is 7.16. The molecule has 1 aromatic heterocycles. The van der Waals surface area contributed by atoms with Crippen LogP contribution >= 0.6 is 11.6 Å². The Morgan fingerprint density at radius 3 is 2.54 bits per heavy atom. The molecule has 3 aromatic rings. The third-order valence-electron chi connectivity index (χ3n) is 6.88. The Morgan fingerprint density at radius 1 is 1.06 bits per heavy atom. The molecular weight excluding hydrogens is 464 g/mol. The normalized spacial score (nSPS) is 18.2. The summed E-state index contributed by atoms with van der Waals surface area (Å²) in [5, 5.41) is 3.74. The molecule has 182 valence electrons. The van der Waals surface area contributed by atoms with Crippen LogP contribution in [0.15, 0.2) is 60.9 Å². The number of nitrogens with one attached hydrogen (secondary N) is 1. The Bertz CT molecular complexity index is 1170. The predicted molar refractivity (Wildman–Crippen MR) is 133 cm³/mol. The van der Waals surface area contributed by atoms with E-state index in [1.807, 2.05) is 51.9 Å². The second-order valence-corrected chi connectivity index (χ2v) is 9.57. The van der Waals surface area contributed by atoms with Crippen molar-refractivity contribution in [3.05, 3.63) is 88.5 Å². The largest absolute Gasteiger partial charge is 0.365 e. The van der Waals surface area contributed by atoms with Crippen molar-refractivity contribution < 1.29 is 14.3 Å². The zero-order valence-electron chi connectivity index (χ0n) is 19.5. The first-order valence-corrected chi connectivity index (χ1v) is 12.5. The summed E-state index contributed by atoms with van der Waals surface area (Å²) < 4.78 is 8.06. The minimum atomic E-state index is -0.104. The predicted octanol–water partition coefficient (Wildman–Crippen LogP) is 4.02. The average molecular weight is 493 g/mol. The number of rotatable bonds is 6. The monoisotopic (exact) mass is 492 g/mol. The number of carbonyl (C=O) groups excluding carboxylic acids is 2. The lowest BCUT2D eigenvalue weighted by Gasteiger charge is -2.31. The molecule has 7 nitrogen and oxygen atoms in total. The van der Waals surface area contributed by atoms with E-state index in [1.165, 1.54) is 5.56 Å². The van der Waals surface area contributed by atoms with E-state index < -0.39 is 0 Å². The van der Waals surface area contributed by atoms with Crippen molar-refractivity contribution in [3.63, 3.8) is 0 Å². The van der Waals surface area contributed by atoms with Crippen LogP contribution in [0.1, 0.15) is 46.3 Å². The van der Waals surface area contributed by atoms with Crippen molar-refractivity contribution in [3.8, 4) is 0 Å². The van der Waals surface area contributed by atoms with Crippen LogP contribution in [0.4, 0.5) is 0 Å². The highest BCUT2D eigenvalue weighted by Crippen LogP contribution is 2.29. The molecule has 1 saturated heterocycles. The molecule has 2 aromatic carbocycles. The average Bonchev–Trinajstić information content (AvgIpc) is 3.33. The Labute approximate surface area is 210 Å². The van der Waals surface area contributed by atoms with Crippen molar-refractivity contribution in [2.45, 2.75) is 38.5 Å². The van der Waals surface area contributed by atoms with Gasteiger partial charge < -0.3 is 19.5 Å². The first-order chi connectivity index (χ1) is 17.1. The fourth-order valence-electron chi connectivity index (χ4n) is 4.80. The summed E-state index contributed by atoms with van der Waals surface area (Å²) in [5.41, 5.74) is 3.51. The van der Waals surface area contributed by atoms with Crippen molar-refractivity contribution in [2.24, 2.45) is 5.92 Å². The minimum Gasteiger partial charge on any atom is -0.365 e. The smallest absolute Gasteiger partial charge is 0.274 e. The standard InChI is InChI=1S/C27H29ClN4O3/c28-22-8-6-20(7-9-22)24-16-32-18-30-25(23(32)17-35-24)27(34)31-14-11-21(12-15-31)26(33)29-13-10-19-4-2-1-3-5-19/h1-9,18,21,24H,10-17H2,(H,29,33)/t24-/m1/s1. The van der Waals surface area contributed by atoms with Crippen LogP contribution in [-0.2, 0) is 29.1 Å². The van der Waals surface area contributed by atoms with Crippen LogP contribution in [0.3, 0.4) is 0 Å². The third kappa shape index (κ3) is 5.41. The topological polar surface area (TPSA) is 76.5 Å². The second-order valence-electron chi connectivity index (χ2n) is 9.14. The molecule has 35 heavy (non-hydrogen) atoms. The van der Waals surface area contributed by atoms with E-state index in [2.05, 4.69) is 22.4 Å². The lowest BCUT2D eigenvalue weighted by molar-refractivity contribution is -0.126. The van der Waals surface area contributed by atoms with Crippen LogP contribution in [0.2, 0.25) is 5.02 Å². The van der Waals surface area contributed by atoms with Crippen molar-refractivity contribution in [1.82, 2.24) is 19.8 Å². The number of halogens is 1. The van der Waals surface area contributed by atoms with Crippen molar-refractivity contribution in [2.75, 3.05) is 19.6 Å². The molecule has 2 aliphatic heterocycles. The molecule has 2 amide bonds. The van der Waals surface area contributed by atoms with Gasteiger partial charge >= 0.3 is 0 Å². The van der Waals surface area contributed by atoms with Crippen LogP contribution in [0, 0.1) is 5.92 Å². The lowest BCUT2D eigenvalue weighted by atomic mass is 9.95. The van der Waals surface area contributed by atoms with E-state index in [1.54, 1.807) is 6.33 Å². The van der Waals surface area contributed by atoms with E-state index in [9.17, 15) is 9.59 Å². The summed E-state index contributed by atoms with van der Waals surface area (Å²) >= 11 is 6.00. The fraction of sp³-hybridized carbons (Fsp3) is 0.370. The highest BCUT2D eigenvalue weighted by atomic mass is 35.5. The number of ether oxygens (including phenoxy) is 1. The van der Waals surface area contributed by atoms with Crippen LogP contribution in [0.25, 0.3) is 0 Å². The maximum absolute atomic E-state index is 13.2. The van der Waals surface area contributed by atoms with Gasteiger partial charge in [0.2, 0.25) is 5.91 Å². The summed E-state index contributed by atoms with van der Waals surface area (Å²) in [4.78, 5) is 32.0. The van der Waals surface area contributed by atoms with E-state index >= 15 is 0 Å². The van der Waals surface area contributed by atoms with Gasteiger partial charge in [-0.25, -0.2) is 4.98 Å². The van der Waals surface area contributed by atoms with Gasteiger partial charge in [0.15, 0.2) is 5.69 Å². The van der Waals surface area contributed by atoms with Gasteiger partial charge in [-0.3, -0.25) is 9.59 Å². The van der Waals surface area contributed by atoms with Crippen LogP contribution in [0.5, 0.6) is 0 Å². The molecule has 5 rings (SSSR count). The van der Waals surface area contributed by atoms with Gasteiger partial charge in [0.25, 0.3) is 5.91 Å². The van der Waals surface area contributed by atoms with E-state index in [-0.39, 0.29) is 23.8 Å². The van der Waals surface area contributed by atoms with Crippen LogP contribution in [-0.4, -0.2) is 45.9 Å². The number of carbonyl (C=O) groups is 2. The van der Waals surface area contributed by atoms with Gasteiger partial charge in [-0.15, -0.1) is 0 Å². The van der Waals surface area contributed by atoms with E-state index in [4.69, 9.17) is 16.3 Å². The number of aromatic nitrogens is 2. The number of likely N-dealkylation sites (tertiary alicyclic amines) is 1. The molecule has 0 unspecified atom stereocenters. The molecule has 1 N–H and O–H groups in total. The fourth-order valence-corrected chi connectivity index (χ4v) is 4.92. The molecular formula is C27H29ClN4O3. The highest BCUT2D eigenvalue weighted by Gasteiger charge is 2.32. The van der Waals surface area contributed by atoms with Crippen LogP contribution < -0.4 is 5.32 Å². The summed E-state index contributed by atoms with van der Waals surface area (Å²) in [6, 6.07) is 17.8. The molecule has 0 bridgehead atoms. The number of imidazole rings is 1. The number of hydrogen-bond acceptors (Lipinski definition) is 4. The van der Waals surface area contributed by atoms with E-state index in [0.717, 1.165) is 17.7 Å². The van der Waals surface area contributed by atoms with Crippen molar-refractivity contribution >= 4 is 23.4 Å². The molecule has 1 atom stereocenters. The molecule has 0 radical (unpaired) electrons. The molecule has 0 aliphatic carbocycles. The first kappa shape index (κ1) is 23.6. The molecule has 2 aliphatic rings. The number of hydrogen-bond donors (Lipinski definition) is 1. The van der Waals surface area contributed by atoms with Gasteiger partial charge in [0.05, 0.1) is 25.2 Å². The molecule has 3 heterocycles. The SMILES string of the molecule is O=C(NCCc1ccccc1)C1CCN(C(=O)c2ncn3c2CO[C@@H](c2ccc(Cl)cc2)C3)CC1. The molecule has 0 spiro atoms. The van der Waals surface area contributed by atoms with Crippen molar-refractivity contribution in [1.29, 1.82) is 0 Å². The van der Waals surface area contributed by atoms with Gasteiger partial charge in [0, 0.05) is 30.6 Å². The number of fused-ring (bicyclic) bond motifs is 1. The lowest BCUT2D eigenvalue weighted by Crippen LogP contribution is -2.43. The second kappa shape index (κ2) is 10.6. The van der Waals surface area contributed by atoms with Gasteiger partial charge in [-0.05, 0) is 42.5 Å². The van der Waals surface area contributed by atoms with Gasteiger partial charge in [-0.1, -0.05) is 54.1 Å². The Balaban J connectivity index is 1.13. The highest BCUT2D eigenvalue weighted by molar-refractivity contribution is 6.30. The molecule has 0 saturated carbocycles. The van der Waals surface area contributed by atoms with Gasteiger partial charge in [-0.2, -0.15) is 0 Å². The summed E-state index contributed by atoms with van der Waals surface area (Å²) in [7, 11) is 0. The molecule has 8 heteroatoms. The molecule has 1 fully saturated rings. The van der Waals surface area contributed by atoms with E-state index in [0.29, 0.717) is 56.3 Å². The van der Waals surface area contributed by atoms with Gasteiger partial charge in [0.1, 0.15) is 6.10 Å². The maximum atomic E-state index is 13.2. The number of piperidine rings is 1. The third-order valence-corrected chi connectivity index (χ3v) is 7.14. The zero-order valence-corrected chi connectivity index (χ0v) is 20.3. The Morgan fingerprint density at radius 2 is 1.80 bits per heavy atom. The zero-order chi connectivity index (χ0) is 24.2. The quantitative estimate of drug-likeness (QED) is 0.564. The summed E-state index contributed by atoms with van der Waals surface area (Å²) in [6.45, 7) is 2.66. The minimum absolute atomic E-state index is 0.0609. The number of amides is 2. The first-order valence-electron chi connectivity index (χ1n) is 12.1.